The average Bonchev–Trinajstić information content (AvgIpc) is 3.08. The fourth-order valence-electron chi connectivity index (χ4n) is 5.53. The molecule has 1 saturated carbocycles. The molecule has 1 N–H and O–H groups in total. The van der Waals surface area contributed by atoms with E-state index in [4.69, 9.17) is 0 Å². The van der Waals surface area contributed by atoms with Crippen LogP contribution in [0.3, 0.4) is 0 Å². The van der Waals surface area contributed by atoms with Crippen LogP contribution in [0.2, 0.25) is 0 Å². The number of hydrogen-bond donors (Lipinski definition) is 1. The summed E-state index contributed by atoms with van der Waals surface area (Å²) in [6.45, 7) is 2.58. The highest BCUT2D eigenvalue weighted by Gasteiger charge is 2.52. The Morgan fingerprint density at radius 3 is 2.29 bits per heavy atom. The van der Waals surface area contributed by atoms with Crippen molar-refractivity contribution in [3.05, 3.63) is 35.6 Å². The lowest BCUT2D eigenvalue weighted by molar-refractivity contribution is -0.146. The maximum Gasteiger partial charge on any atom is 0.308 e. The predicted molar refractivity (Wildman–Crippen MR) is 104 cm³/mol. The molecule has 1 unspecified atom stereocenters. The van der Waals surface area contributed by atoms with E-state index in [1.165, 1.54) is 56.4 Å². The van der Waals surface area contributed by atoms with E-state index in [1.54, 1.807) is 4.90 Å². The van der Waals surface area contributed by atoms with Crippen molar-refractivity contribution in [1.29, 1.82) is 0 Å². The predicted octanol–water partition coefficient (Wildman–Crippen LogP) is 3.40. The molecule has 2 saturated heterocycles. The lowest BCUT2D eigenvalue weighted by Crippen LogP contribution is -2.49. The average molecular weight is 388 g/mol. The maximum absolute atomic E-state index is 13.2. The second-order valence-corrected chi connectivity index (χ2v) is 8.77. The molecule has 152 valence electrons. The summed E-state index contributed by atoms with van der Waals surface area (Å²) in [6.07, 6.45) is 8.08. The Balaban J connectivity index is 1.46. The van der Waals surface area contributed by atoms with E-state index >= 15 is 0 Å². The van der Waals surface area contributed by atoms with Crippen LogP contribution in [0.5, 0.6) is 0 Å². The van der Waals surface area contributed by atoms with E-state index in [9.17, 15) is 19.1 Å². The van der Waals surface area contributed by atoms with Gasteiger partial charge in [-0.25, -0.2) is 4.39 Å². The zero-order chi connectivity index (χ0) is 19.7. The monoisotopic (exact) mass is 388 g/mol. The Hall–Kier alpha value is -1.95. The molecule has 1 atom stereocenters. The highest BCUT2D eigenvalue weighted by Crippen LogP contribution is 2.46. The van der Waals surface area contributed by atoms with Gasteiger partial charge in [-0.1, -0.05) is 19.3 Å². The van der Waals surface area contributed by atoms with Crippen molar-refractivity contribution in [2.24, 2.45) is 11.3 Å². The molecule has 4 rings (SSSR count). The highest BCUT2D eigenvalue weighted by atomic mass is 19.1. The Kier molecular flexibility index (Phi) is 5.41. The second kappa shape index (κ2) is 7.82. The Morgan fingerprint density at radius 1 is 1.04 bits per heavy atom. The van der Waals surface area contributed by atoms with Crippen LogP contribution in [0.25, 0.3) is 0 Å². The minimum Gasteiger partial charge on any atom is -0.481 e. The number of likely N-dealkylation sites (tertiary alicyclic amines) is 2. The number of carbonyl (C=O) groups is 2. The van der Waals surface area contributed by atoms with Gasteiger partial charge in [-0.3, -0.25) is 9.59 Å². The van der Waals surface area contributed by atoms with Crippen molar-refractivity contribution in [3.8, 4) is 0 Å². The molecule has 28 heavy (non-hydrogen) atoms. The molecule has 0 radical (unpaired) electrons. The van der Waals surface area contributed by atoms with Crippen LogP contribution in [-0.2, 0) is 4.79 Å². The molecular weight excluding hydrogens is 359 g/mol. The fourth-order valence-corrected chi connectivity index (χ4v) is 5.53. The van der Waals surface area contributed by atoms with Gasteiger partial charge >= 0.3 is 5.97 Å². The van der Waals surface area contributed by atoms with E-state index in [0.29, 0.717) is 18.2 Å². The molecule has 1 aliphatic carbocycles. The van der Waals surface area contributed by atoms with Gasteiger partial charge in [0.15, 0.2) is 0 Å². The number of benzene rings is 1. The fraction of sp³-hybridized carbons (Fsp3) is 0.636. The molecule has 1 spiro atoms. The Morgan fingerprint density at radius 2 is 1.68 bits per heavy atom. The first-order chi connectivity index (χ1) is 13.5. The van der Waals surface area contributed by atoms with Gasteiger partial charge in [0.25, 0.3) is 5.91 Å². The number of carbonyl (C=O) groups excluding carboxylic acids is 1. The van der Waals surface area contributed by atoms with Gasteiger partial charge in [0.1, 0.15) is 5.82 Å². The Labute approximate surface area is 165 Å². The number of carboxylic acids is 1. The van der Waals surface area contributed by atoms with Crippen LogP contribution in [-0.4, -0.2) is 59.0 Å². The minimum absolute atomic E-state index is 0.196. The van der Waals surface area contributed by atoms with E-state index in [0.717, 1.165) is 25.9 Å². The first kappa shape index (κ1) is 19.4. The van der Waals surface area contributed by atoms with E-state index in [1.807, 2.05) is 0 Å². The molecule has 1 aromatic carbocycles. The molecule has 2 aliphatic heterocycles. The van der Waals surface area contributed by atoms with Crippen molar-refractivity contribution >= 4 is 11.9 Å². The van der Waals surface area contributed by atoms with Crippen LogP contribution in [0.15, 0.2) is 24.3 Å². The van der Waals surface area contributed by atoms with Gasteiger partial charge in [0.2, 0.25) is 0 Å². The number of carboxylic acid groups (broad SMARTS) is 1. The van der Waals surface area contributed by atoms with Gasteiger partial charge in [-0.2, -0.15) is 0 Å². The van der Waals surface area contributed by atoms with E-state index < -0.39 is 11.9 Å². The summed E-state index contributed by atoms with van der Waals surface area (Å²) in [5.74, 6) is -1.91. The zero-order valence-electron chi connectivity index (χ0n) is 16.3. The summed E-state index contributed by atoms with van der Waals surface area (Å²) in [7, 11) is 0. The van der Waals surface area contributed by atoms with Crippen LogP contribution in [0, 0.1) is 17.2 Å². The summed E-state index contributed by atoms with van der Waals surface area (Å²) in [5, 5.41) is 9.85. The number of amides is 1. The smallest absolute Gasteiger partial charge is 0.308 e. The molecule has 1 aromatic rings. The van der Waals surface area contributed by atoms with Gasteiger partial charge in [-0.05, 0) is 63.0 Å². The molecule has 2 heterocycles. The largest absolute Gasteiger partial charge is 0.481 e. The third-order valence-electron chi connectivity index (χ3n) is 7.21. The molecule has 3 fully saturated rings. The van der Waals surface area contributed by atoms with Crippen molar-refractivity contribution in [1.82, 2.24) is 9.80 Å². The zero-order valence-corrected chi connectivity index (χ0v) is 16.3. The third-order valence-corrected chi connectivity index (χ3v) is 7.21. The lowest BCUT2D eigenvalue weighted by atomic mass is 9.70. The van der Waals surface area contributed by atoms with Crippen LogP contribution in [0.1, 0.15) is 55.3 Å². The summed E-state index contributed by atoms with van der Waals surface area (Å²) in [4.78, 5) is 29.1. The van der Waals surface area contributed by atoms with Crippen molar-refractivity contribution in [3.63, 3.8) is 0 Å². The van der Waals surface area contributed by atoms with E-state index in [-0.39, 0.29) is 23.7 Å². The number of aliphatic carboxylic acids is 1. The maximum atomic E-state index is 13.2. The number of piperidine rings is 1. The van der Waals surface area contributed by atoms with Gasteiger partial charge in [-0.15, -0.1) is 0 Å². The quantitative estimate of drug-likeness (QED) is 0.862. The summed E-state index contributed by atoms with van der Waals surface area (Å²) >= 11 is 0. The SMILES string of the molecule is O=C(O)C1CN(C(=O)c2ccc(F)cc2)CC12CCN(C1CCCCC1)CC2. The third kappa shape index (κ3) is 3.66. The summed E-state index contributed by atoms with van der Waals surface area (Å²) in [5.41, 5.74) is 0.0781. The number of hydrogen-bond acceptors (Lipinski definition) is 3. The summed E-state index contributed by atoms with van der Waals surface area (Å²) in [6, 6.07) is 6.15. The van der Waals surface area contributed by atoms with Gasteiger partial charge < -0.3 is 14.9 Å². The minimum atomic E-state index is -0.805. The molecular formula is C22H29FN2O3. The lowest BCUT2D eigenvalue weighted by Gasteiger charge is -2.45. The molecule has 0 bridgehead atoms. The first-order valence-corrected chi connectivity index (χ1v) is 10.5. The number of halogens is 1. The number of rotatable bonds is 3. The molecule has 3 aliphatic rings. The first-order valence-electron chi connectivity index (χ1n) is 10.5. The number of nitrogens with zero attached hydrogens (tertiary/aromatic N) is 2. The molecule has 0 aromatic heterocycles. The van der Waals surface area contributed by atoms with Crippen molar-refractivity contribution in [2.75, 3.05) is 26.2 Å². The normalized spacial score (nSPS) is 25.9. The van der Waals surface area contributed by atoms with Crippen LogP contribution < -0.4 is 0 Å². The standard InChI is InChI=1S/C22H29FN2O3/c23-17-8-6-16(7-9-17)20(26)25-14-19(21(27)28)22(15-25)10-12-24(13-11-22)18-4-2-1-3-5-18/h6-9,18-19H,1-5,10-15H2,(H,27,28). The second-order valence-electron chi connectivity index (χ2n) is 8.77. The highest BCUT2D eigenvalue weighted by molar-refractivity contribution is 5.95. The molecule has 1 amide bonds. The summed E-state index contributed by atoms with van der Waals surface area (Å²) < 4.78 is 13.2. The van der Waals surface area contributed by atoms with E-state index in [2.05, 4.69) is 4.90 Å². The topological polar surface area (TPSA) is 60.9 Å². The van der Waals surface area contributed by atoms with Crippen molar-refractivity contribution in [2.45, 2.75) is 51.0 Å². The Bertz CT molecular complexity index is 722. The van der Waals surface area contributed by atoms with Gasteiger partial charge in [0.05, 0.1) is 5.92 Å². The van der Waals surface area contributed by atoms with Crippen molar-refractivity contribution < 1.29 is 19.1 Å². The van der Waals surface area contributed by atoms with Crippen LogP contribution >= 0.6 is 0 Å². The molecule has 6 heteroatoms. The molecule has 5 nitrogen and oxygen atoms in total. The van der Waals surface area contributed by atoms with Gasteiger partial charge in [0, 0.05) is 30.1 Å². The van der Waals surface area contributed by atoms with Crippen LogP contribution in [0.4, 0.5) is 4.39 Å².